The van der Waals surface area contributed by atoms with Crippen molar-refractivity contribution >= 4 is 44.6 Å². The molecular formula is C22H30N8O8P2. The van der Waals surface area contributed by atoms with E-state index in [9.17, 15) is 9.36 Å². The van der Waals surface area contributed by atoms with Gasteiger partial charge in [0.2, 0.25) is 0 Å². The molecule has 0 amide bonds. The van der Waals surface area contributed by atoms with Crippen LogP contribution in [-0.4, -0.2) is 75.9 Å². The predicted octanol–water partition coefficient (Wildman–Crippen LogP) is 1.84. The average molecular weight is 596 g/mol. The Bertz CT molecular complexity index is 1550. The van der Waals surface area contributed by atoms with E-state index < -0.39 is 7.82 Å². The minimum Gasteiger partial charge on any atom is -0.383 e. The van der Waals surface area contributed by atoms with E-state index in [1.807, 2.05) is 28.1 Å². The van der Waals surface area contributed by atoms with Crippen LogP contribution in [0.4, 0.5) is 5.82 Å². The summed E-state index contributed by atoms with van der Waals surface area (Å²) < 4.78 is 35.9. The Kier molecular flexibility index (Phi) is 8.88. The van der Waals surface area contributed by atoms with Crippen molar-refractivity contribution in [2.75, 3.05) is 25.6 Å². The first-order chi connectivity index (χ1) is 19.2. The second kappa shape index (κ2) is 12.4. The van der Waals surface area contributed by atoms with Gasteiger partial charge in [-0.05, 0) is 38.4 Å². The number of nitrogens with one attached hydrogen (secondary N) is 1. The molecule has 0 bridgehead atoms. The first kappa shape index (κ1) is 28.7. The van der Waals surface area contributed by atoms with Gasteiger partial charge in [0.05, 0.1) is 43.5 Å². The molecule has 0 aromatic carbocycles. The van der Waals surface area contributed by atoms with E-state index in [1.54, 1.807) is 6.33 Å². The molecule has 4 aromatic rings. The number of nitrogens with zero attached hydrogens (tertiary/aromatic N) is 6. The number of hydrogen-bond donors (Lipinski definition) is 4. The van der Waals surface area contributed by atoms with Crippen molar-refractivity contribution in [1.82, 2.24) is 34.1 Å². The summed E-state index contributed by atoms with van der Waals surface area (Å²) in [5.41, 5.74) is 7.13. The van der Waals surface area contributed by atoms with Gasteiger partial charge >= 0.3 is 7.82 Å². The third-order valence-electron chi connectivity index (χ3n) is 6.54. The van der Waals surface area contributed by atoms with Gasteiger partial charge in [0.1, 0.15) is 30.2 Å². The minimum absolute atomic E-state index is 0.108. The fourth-order valence-electron chi connectivity index (χ4n) is 4.68. The van der Waals surface area contributed by atoms with Crippen molar-refractivity contribution in [3.8, 4) is 0 Å². The standard InChI is InChI=1S/C11H15N4O5P.C11H15N4O3P/c12-10-8-3-4-15(11(8)14-6-13-10)9-2-1-7(20-9)5-19-21(16,17)18;1-19-17-4-7-2-3-8(18-7)15-6-14-9-10(15)12-5-13-11(9)16/h3-4,6-7,9H,1-2,5H2,(H2,12,13,14)(H2,16,17,18);5-8,19H,2-4H2,1H3,(H,12,13,16). The highest BCUT2D eigenvalue weighted by atomic mass is 31.2. The van der Waals surface area contributed by atoms with Crippen LogP contribution in [0.3, 0.4) is 0 Å². The lowest BCUT2D eigenvalue weighted by Crippen LogP contribution is -2.16. The van der Waals surface area contributed by atoms with Gasteiger partial charge in [-0.1, -0.05) is 0 Å². The van der Waals surface area contributed by atoms with E-state index >= 15 is 0 Å². The molecule has 2 aliphatic heterocycles. The number of anilines is 1. The van der Waals surface area contributed by atoms with Crippen LogP contribution in [0.5, 0.6) is 0 Å². The van der Waals surface area contributed by atoms with Crippen molar-refractivity contribution in [3.63, 3.8) is 0 Å². The van der Waals surface area contributed by atoms with Crippen LogP contribution < -0.4 is 11.3 Å². The number of H-pyrrole nitrogens is 1. The number of phosphoric ester groups is 1. The van der Waals surface area contributed by atoms with Crippen LogP contribution in [0.1, 0.15) is 38.1 Å². The first-order valence-corrected chi connectivity index (χ1v) is 15.4. The van der Waals surface area contributed by atoms with E-state index in [2.05, 4.69) is 29.4 Å². The molecule has 0 saturated carbocycles. The molecule has 18 heteroatoms. The van der Waals surface area contributed by atoms with Crippen molar-refractivity contribution in [3.05, 3.63) is 41.6 Å². The van der Waals surface area contributed by atoms with Gasteiger partial charge in [-0.25, -0.2) is 24.5 Å². The molecule has 5 atom stereocenters. The van der Waals surface area contributed by atoms with Crippen molar-refractivity contribution < 1.29 is 32.9 Å². The number of aromatic nitrogens is 7. The monoisotopic (exact) mass is 596 g/mol. The van der Waals surface area contributed by atoms with Crippen molar-refractivity contribution in [2.24, 2.45) is 0 Å². The molecule has 2 fully saturated rings. The van der Waals surface area contributed by atoms with Gasteiger partial charge in [0.15, 0.2) is 11.2 Å². The summed E-state index contributed by atoms with van der Waals surface area (Å²) in [6.45, 7) is 2.47. The van der Waals surface area contributed by atoms with Gasteiger partial charge < -0.3 is 39.1 Å². The maximum Gasteiger partial charge on any atom is 0.469 e. The molecule has 2 saturated heterocycles. The molecule has 5 unspecified atom stereocenters. The average Bonchev–Trinajstić information content (AvgIpc) is 3.72. The van der Waals surface area contributed by atoms with E-state index in [-0.39, 0.29) is 36.8 Å². The van der Waals surface area contributed by atoms with E-state index in [1.165, 1.54) is 12.7 Å². The maximum atomic E-state index is 11.6. The zero-order chi connectivity index (χ0) is 28.3. The quantitative estimate of drug-likeness (QED) is 0.214. The summed E-state index contributed by atoms with van der Waals surface area (Å²) >= 11 is 0. The largest absolute Gasteiger partial charge is 0.469 e. The Hall–Kier alpha value is -2.81. The predicted molar refractivity (Wildman–Crippen MR) is 145 cm³/mol. The van der Waals surface area contributed by atoms with Crippen molar-refractivity contribution in [2.45, 2.75) is 50.3 Å². The molecule has 2 aliphatic rings. The number of fused-ring (bicyclic) bond motifs is 2. The summed E-state index contributed by atoms with van der Waals surface area (Å²) in [5, 5.41) is 0.746. The van der Waals surface area contributed by atoms with Gasteiger partial charge in [0.25, 0.3) is 5.56 Å². The van der Waals surface area contributed by atoms with Gasteiger partial charge in [-0.3, -0.25) is 13.9 Å². The summed E-state index contributed by atoms with van der Waals surface area (Å²) in [6.07, 6.45) is 8.72. The Morgan fingerprint density at radius 2 is 1.80 bits per heavy atom. The summed E-state index contributed by atoms with van der Waals surface area (Å²) in [6, 6.07) is 1.81. The highest BCUT2D eigenvalue weighted by Gasteiger charge is 2.30. The second-order valence-electron chi connectivity index (χ2n) is 9.16. The van der Waals surface area contributed by atoms with Crippen LogP contribution >= 0.6 is 16.6 Å². The molecule has 6 heterocycles. The second-order valence-corrected chi connectivity index (χ2v) is 11.1. The molecule has 40 heavy (non-hydrogen) atoms. The van der Waals surface area contributed by atoms with Crippen molar-refractivity contribution in [1.29, 1.82) is 0 Å². The lowest BCUT2D eigenvalue weighted by molar-refractivity contribution is -0.0202. The number of phosphoric acid groups is 1. The molecule has 0 spiro atoms. The van der Waals surface area contributed by atoms with E-state index in [0.29, 0.717) is 50.9 Å². The van der Waals surface area contributed by atoms with E-state index in [0.717, 1.165) is 18.2 Å². The number of imidazole rings is 1. The number of rotatable bonds is 8. The lowest BCUT2D eigenvalue weighted by atomic mass is 10.2. The van der Waals surface area contributed by atoms with Gasteiger partial charge in [-0.15, -0.1) is 0 Å². The van der Waals surface area contributed by atoms with Crippen LogP contribution in [0, 0.1) is 0 Å². The topological polar surface area (TPSA) is 215 Å². The Morgan fingerprint density at radius 1 is 1.07 bits per heavy atom. The van der Waals surface area contributed by atoms with Crippen LogP contribution in [-0.2, 0) is 23.1 Å². The van der Waals surface area contributed by atoms with E-state index in [4.69, 9.17) is 29.5 Å². The van der Waals surface area contributed by atoms with Crippen LogP contribution in [0.15, 0.2) is 36.0 Å². The third kappa shape index (κ3) is 6.56. The van der Waals surface area contributed by atoms with Gasteiger partial charge in [-0.2, -0.15) is 0 Å². The molecule has 4 aromatic heterocycles. The fraction of sp³-hybridized carbons (Fsp3) is 0.500. The zero-order valence-electron chi connectivity index (χ0n) is 21.5. The van der Waals surface area contributed by atoms with Crippen LogP contribution in [0.25, 0.3) is 22.2 Å². The number of nitrogen functional groups attached to an aromatic ring is 1. The third-order valence-corrected chi connectivity index (χ3v) is 7.48. The Morgan fingerprint density at radius 3 is 2.52 bits per heavy atom. The first-order valence-electron chi connectivity index (χ1n) is 12.5. The number of hydrogen-bond acceptors (Lipinski definition) is 11. The summed E-state index contributed by atoms with van der Waals surface area (Å²) in [5.74, 6) is 0.401. The Balaban J connectivity index is 0.000000162. The fourth-order valence-corrected chi connectivity index (χ4v) is 5.39. The lowest BCUT2D eigenvalue weighted by Gasteiger charge is -2.16. The molecule has 6 rings (SSSR count). The SMILES string of the molecule is CPOCC1CCC(n2cnc3c(=O)[nH]cnc32)O1.Nc1ncnc2c1ccn2C1CCC(COP(=O)(O)O)O1. The molecule has 5 N–H and O–H groups in total. The molecular weight excluding hydrogens is 566 g/mol. The number of aromatic amines is 1. The smallest absolute Gasteiger partial charge is 0.383 e. The number of ether oxygens (including phenoxy) is 2. The van der Waals surface area contributed by atoms with Gasteiger partial charge in [0, 0.05) is 15.0 Å². The maximum absolute atomic E-state index is 11.6. The summed E-state index contributed by atoms with van der Waals surface area (Å²) in [7, 11) is -3.99. The molecule has 0 aliphatic carbocycles. The Labute approximate surface area is 229 Å². The molecule has 16 nitrogen and oxygen atoms in total. The normalized spacial score (nSPS) is 23.4. The highest BCUT2D eigenvalue weighted by Crippen LogP contribution is 2.38. The van der Waals surface area contributed by atoms with Crippen LogP contribution in [0.2, 0.25) is 0 Å². The minimum atomic E-state index is -4.47. The zero-order valence-corrected chi connectivity index (χ0v) is 23.4. The number of nitrogens with two attached hydrogens (primary N) is 1. The highest BCUT2D eigenvalue weighted by molar-refractivity contribution is 7.46. The molecule has 0 radical (unpaired) electrons. The molecule has 216 valence electrons. The summed E-state index contributed by atoms with van der Waals surface area (Å²) in [4.78, 5) is 47.9.